The maximum absolute atomic E-state index is 13.5. The lowest BCUT2D eigenvalue weighted by molar-refractivity contribution is -0.200. The smallest absolute Gasteiger partial charge is 0.348 e. The number of rotatable bonds is 28. The van der Waals surface area contributed by atoms with Gasteiger partial charge in [0.15, 0.2) is 29.9 Å². The van der Waals surface area contributed by atoms with E-state index in [2.05, 4.69) is 56.7 Å². The summed E-state index contributed by atoms with van der Waals surface area (Å²) in [5.74, 6) is -9.86. The fourth-order valence-electron chi connectivity index (χ4n) is 12.2. The fourth-order valence-corrected chi connectivity index (χ4v) is 12.9. The van der Waals surface area contributed by atoms with Gasteiger partial charge in [0.2, 0.25) is 23.1 Å². The van der Waals surface area contributed by atoms with Crippen LogP contribution in [0.2, 0.25) is 0 Å². The van der Waals surface area contributed by atoms with Gasteiger partial charge in [-0.2, -0.15) is 21.7 Å². The van der Waals surface area contributed by atoms with Crippen LogP contribution in [-0.4, -0.2) is 201 Å². The quantitative estimate of drug-likeness (QED) is 0.0162. The summed E-state index contributed by atoms with van der Waals surface area (Å²) in [4.78, 5) is 101. The molecule has 3 aromatic heterocycles. The lowest BCUT2D eigenvalue weighted by Gasteiger charge is -2.37. The summed E-state index contributed by atoms with van der Waals surface area (Å²) in [6.07, 6.45) is -0.578. The molecule has 3 atom stereocenters. The van der Waals surface area contributed by atoms with E-state index in [4.69, 9.17) is 28.4 Å². The predicted molar refractivity (Wildman–Crippen MR) is 434 cm³/mol. The number of nitrogens with one attached hydrogen (secondary N) is 2. The molecule has 119 heavy (non-hydrogen) atoms. The van der Waals surface area contributed by atoms with Crippen molar-refractivity contribution in [3.63, 3.8) is 0 Å². The molecule has 3 unspecified atom stereocenters. The molecule has 0 aliphatic carbocycles. The van der Waals surface area contributed by atoms with Gasteiger partial charge in [-0.15, -0.1) is 20.4 Å². The van der Waals surface area contributed by atoms with Gasteiger partial charge in [-0.25, -0.2) is 52.4 Å². The normalized spacial score (nSPS) is 14.5. The summed E-state index contributed by atoms with van der Waals surface area (Å²) in [6.45, 7) is 33.2. The van der Waals surface area contributed by atoms with Gasteiger partial charge >= 0.3 is 47.8 Å². The van der Waals surface area contributed by atoms with Gasteiger partial charge in [0.25, 0.3) is 11.2 Å². The van der Waals surface area contributed by atoms with E-state index < -0.39 is 122 Å². The first-order valence-electron chi connectivity index (χ1n) is 37.7. The molecule has 34 nitrogen and oxygen atoms in total. The summed E-state index contributed by atoms with van der Waals surface area (Å²) in [6, 6.07) is 37.6. The average molecular weight is 1670 g/mol. The Balaban J connectivity index is 0.000000234. The number of ether oxygens (including phenoxy) is 6. The van der Waals surface area contributed by atoms with E-state index in [0.29, 0.717) is 35.5 Å². The number of carboxylic acids is 6. The second-order valence-electron chi connectivity index (χ2n) is 32.9. The number of anilines is 1. The van der Waals surface area contributed by atoms with Gasteiger partial charge in [0.1, 0.15) is 0 Å². The highest BCUT2D eigenvalue weighted by Gasteiger charge is 2.55. The van der Waals surface area contributed by atoms with Crippen LogP contribution in [0.4, 0.5) is 14.9 Å². The van der Waals surface area contributed by atoms with Crippen LogP contribution in [-0.2, 0) is 98.8 Å². The second-order valence-corrected chi connectivity index (χ2v) is 33.7. The molecule has 2 aliphatic heterocycles. The molecule has 1 saturated heterocycles. The van der Waals surface area contributed by atoms with E-state index >= 15 is 0 Å². The van der Waals surface area contributed by atoms with Crippen molar-refractivity contribution in [3.05, 3.63) is 190 Å². The van der Waals surface area contributed by atoms with Gasteiger partial charge < -0.3 is 69.5 Å². The van der Waals surface area contributed by atoms with Crippen molar-refractivity contribution in [1.82, 2.24) is 46.1 Å². The largest absolute Gasteiger partial charge is 0.504 e. The van der Waals surface area contributed by atoms with Crippen LogP contribution in [0.15, 0.2) is 159 Å². The van der Waals surface area contributed by atoms with E-state index in [-0.39, 0.29) is 61.6 Å². The maximum Gasteiger partial charge on any atom is 0.348 e. The number of hydrogen-bond acceptors (Lipinski definition) is 25. The minimum Gasteiger partial charge on any atom is -0.504 e. The van der Waals surface area contributed by atoms with E-state index in [0.717, 1.165) is 29.2 Å². The number of amides is 2. The lowest BCUT2D eigenvalue weighted by Crippen LogP contribution is -2.54. The number of aromatic nitrogens is 8. The van der Waals surface area contributed by atoms with Crippen molar-refractivity contribution in [2.24, 2.45) is 15.2 Å². The predicted octanol–water partition coefficient (Wildman–Crippen LogP) is 12.5. The number of aliphatic carboxylic acids is 6. The third-order valence-electron chi connectivity index (χ3n) is 17.0. The van der Waals surface area contributed by atoms with Crippen LogP contribution in [0.3, 0.4) is 0 Å². The zero-order valence-electron chi connectivity index (χ0n) is 69.8. The SMILES string of the molecule is CC(C)(C)OC(Cc1ccc(-c2cccc(F)c2O)cc1)(C(=O)O)C(=O)O.CC(C)(C)OC(Cc1ccc(N2CCCNC2=O)cc1)(C(=O)O)C(=O)O.CC(C)(C)OC(Cc1ccccc1)(C(=O)O)c1nnnn1C(C)(C)c1ccccc1.CC(C)(C)OC(Cc1ccsc1)(C(=O)O)C1=NCN=N1.CCOC(=O)C(OC(C)(C)C)c1nn[nH]n1. The number of esters is 1. The van der Waals surface area contributed by atoms with Crippen molar-refractivity contribution in [3.8, 4) is 16.9 Å². The zero-order chi connectivity index (χ0) is 88.9. The number of aromatic amines is 1. The minimum absolute atomic E-state index is 0.0890. The molecular weight excluding hydrogens is 1570 g/mol. The Hall–Kier alpha value is -11.7. The topological polar surface area (TPSA) is 484 Å². The molecule has 0 saturated carbocycles. The number of carbonyl (C=O) groups is 8. The number of urea groups is 1. The Kier molecular flexibility index (Phi) is 32.5. The van der Waals surface area contributed by atoms with Crippen molar-refractivity contribution in [1.29, 1.82) is 0 Å². The number of halogens is 1. The Labute approximate surface area is 692 Å². The van der Waals surface area contributed by atoms with Crippen LogP contribution in [0, 0.1) is 5.82 Å². The lowest BCUT2D eigenvalue weighted by atomic mass is 9.89. The monoisotopic (exact) mass is 1670 g/mol. The Morgan fingerprint density at radius 1 is 0.563 bits per heavy atom. The van der Waals surface area contributed by atoms with Crippen LogP contribution in [0.25, 0.3) is 11.1 Å². The van der Waals surface area contributed by atoms with Gasteiger partial charge in [-0.3, -0.25) is 4.90 Å². The van der Waals surface area contributed by atoms with E-state index in [9.17, 15) is 78.5 Å². The number of hydrogen-bond donors (Lipinski definition) is 9. The third-order valence-corrected chi connectivity index (χ3v) is 17.8. The molecular formula is C83H106FN13O21S. The Bertz CT molecular complexity index is 4760. The molecule has 10 rings (SSSR count). The van der Waals surface area contributed by atoms with Crippen molar-refractivity contribution in [2.45, 2.75) is 219 Å². The molecule has 5 aromatic carbocycles. The minimum atomic E-state index is -2.44. The van der Waals surface area contributed by atoms with Crippen LogP contribution in [0.1, 0.15) is 177 Å². The number of thiophene rings is 1. The number of benzene rings is 5. The van der Waals surface area contributed by atoms with Crippen molar-refractivity contribution >= 4 is 70.7 Å². The Morgan fingerprint density at radius 2 is 1.07 bits per heavy atom. The molecule has 2 amide bonds. The molecule has 0 spiro atoms. The highest BCUT2D eigenvalue weighted by atomic mass is 32.1. The van der Waals surface area contributed by atoms with E-state index in [1.54, 1.807) is 94.4 Å². The number of nitrogens with zero attached hydrogens (tertiary/aromatic N) is 11. The molecule has 8 aromatic rings. The molecule has 0 radical (unpaired) electrons. The van der Waals surface area contributed by atoms with Gasteiger partial charge in [-0.1, -0.05) is 114 Å². The average Bonchev–Trinajstić information content (AvgIpc) is 1.69. The summed E-state index contributed by atoms with van der Waals surface area (Å²) in [5.41, 5.74) is -7.76. The first-order chi connectivity index (χ1) is 55.3. The van der Waals surface area contributed by atoms with Crippen molar-refractivity contribution < 1.29 is 107 Å². The van der Waals surface area contributed by atoms with Crippen LogP contribution < -0.4 is 10.2 Å². The number of carboxylic acid groups (broad SMARTS) is 6. The number of carbonyl (C=O) groups excluding carboxylic acids is 2. The van der Waals surface area contributed by atoms with Gasteiger partial charge in [-0.05, 0) is 210 Å². The molecule has 642 valence electrons. The first kappa shape index (κ1) is 96.1. The van der Waals surface area contributed by atoms with Gasteiger partial charge in [0, 0.05) is 50.0 Å². The maximum atomic E-state index is 13.5. The molecule has 36 heteroatoms. The van der Waals surface area contributed by atoms with Gasteiger partial charge in [0.05, 0.1) is 40.2 Å². The van der Waals surface area contributed by atoms with Crippen LogP contribution >= 0.6 is 11.3 Å². The van der Waals surface area contributed by atoms with E-state index in [1.807, 2.05) is 154 Å². The Morgan fingerprint density at radius 3 is 1.51 bits per heavy atom. The highest BCUT2D eigenvalue weighted by Crippen LogP contribution is 2.39. The first-order valence-corrected chi connectivity index (χ1v) is 38.6. The number of para-hydroxylation sites is 1. The van der Waals surface area contributed by atoms with E-state index in [1.165, 1.54) is 35.6 Å². The van der Waals surface area contributed by atoms with Crippen LogP contribution in [0.5, 0.6) is 5.75 Å². The molecule has 2 aliphatic rings. The highest BCUT2D eigenvalue weighted by molar-refractivity contribution is 7.08. The summed E-state index contributed by atoms with van der Waals surface area (Å²) in [7, 11) is 0. The number of azo groups is 1. The standard InChI is InChI=1S/C23H28N4O3.C20H21FO6.C18H24N2O6.C13H17N3O3S.C9H16N4O3/c1-21(2,3)30-23(20(28)29,16-17-12-8-6-9-13-17)19-24-25-26-27(19)22(4,5)18-14-10-7-11-15-18;1-19(2,3)27-20(17(23)24,18(25)26)11-12-7-9-13(10-8-12)14-5-4-6-15(21)16(14)22;1-17(2,3)26-18(14(21)22,15(23)24)11-12-5-7-13(8-6-12)20-10-4-9-19-16(20)25;1-12(2,3)19-13(11(17)18,10-14-8-15-16-10)6-9-4-5-20-7-9;1-5-15-8(14)6(16-9(2,3)4)7-10-12-13-11-7/h6-15H,16H2,1-5H3,(H,28,29);4-10,22H,11H2,1-3H3,(H,23,24)(H,25,26);5-8H,4,9-11H2,1-3H3,(H,19,25)(H,21,22)(H,23,24);4-5,7H,6,8H2,1-3H3,(H,17,18);6H,5H2,1-4H3,(H,10,11,12,13). The molecule has 9 N–H and O–H groups in total. The third kappa shape index (κ3) is 26.7. The number of phenolic OH excluding ortho intramolecular Hbond substituents is 1. The molecule has 0 bridgehead atoms. The number of H-pyrrole nitrogens is 1. The number of amidine groups is 1. The second kappa shape index (κ2) is 40.2. The zero-order valence-corrected chi connectivity index (χ0v) is 70.7. The molecule has 5 heterocycles. The number of aliphatic imine (C=N–C) groups is 1. The molecule has 1 fully saturated rings. The summed E-state index contributed by atoms with van der Waals surface area (Å²) >= 11 is 1.51. The fraction of sp³-hybridized carbons (Fsp3) is 0.458. The summed E-state index contributed by atoms with van der Waals surface area (Å²) < 4.78 is 48.5. The number of aromatic hydroxyl groups is 1. The van der Waals surface area contributed by atoms with Crippen molar-refractivity contribution in [2.75, 3.05) is 31.3 Å². The summed E-state index contributed by atoms with van der Waals surface area (Å²) in [5, 5.41) is 108. The number of phenols is 1. The number of tetrazole rings is 2.